The summed E-state index contributed by atoms with van der Waals surface area (Å²) in [6.07, 6.45) is 4.83. The van der Waals surface area contributed by atoms with E-state index in [2.05, 4.69) is 57.3 Å². The molecule has 2 heteroatoms. The van der Waals surface area contributed by atoms with Crippen LogP contribution in [0.15, 0.2) is 24.3 Å². The normalized spacial score (nSPS) is 31.0. The second-order valence-corrected chi connectivity index (χ2v) is 7.53. The Kier molecular flexibility index (Phi) is 3.42. The highest BCUT2D eigenvalue weighted by molar-refractivity contribution is 5.32. The Hall–Kier alpha value is -0.860. The smallest absolute Gasteiger partial charge is 0.0787 e. The number of nitrogens with one attached hydrogen (secondary N) is 1. The number of rotatable bonds is 2. The van der Waals surface area contributed by atoms with Gasteiger partial charge in [0.05, 0.1) is 11.2 Å². The first kappa shape index (κ1) is 14.1. The predicted molar refractivity (Wildman–Crippen MR) is 82.9 cm³/mol. The second-order valence-electron chi connectivity index (χ2n) is 7.53. The summed E-state index contributed by atoms with van der Waals surface area (Å²) in [5.41, 5.74) is 2.91. The highest BCUT2D eigenvalue weighted by Gasteiger charge is 2.46. The molecule has 1 aliphatic carbocycles. The first-order valence-corrected chi connectivity index (χ1v) is 7.91. The number of hydrogen-bond acceptors (Lipinski definition) is 2. The lowest BCUT2D eigenvalue weighted by Gasteiger charge is -2.34. The molecule has 0 aromatic heterocycles. The van der Waals surface area contributed by atoms with Crippen LogP contribution in [0.1, 0.15) is 64.1 Å². The quantitative estimate of drug-likeness (QED) is 0.879. The average Bonchev–Trinajstić information content (AvgIpc) is 2.57. The molecule has 1 aliphatic heterocycles. The van der Waals surface area contributed by atoms with E-state index < -0.39 is 0 Å². The molecule has 1 heterocycles. The van der Waals surface area contributed by atoms with E-state index in [9.17, 15) is 0 Å². The molecule has 0 saturated carbocycles. The summed E-state index contributed by atoms with van der Waals surface area (Å²) in [4.78, 5) is 0. The van der Waals surface area contributed by atoms with Crippen LogP contribution in [0.25, 0.3) is 0 Å². The van der Waals surface area contributed by atoms with Gasteiger partial charge in [0.2, 0.25) is 0 Å². The molecule has 1 N–H and O–H groups in total. The third-order valence-electron chi connectivity index (χ3n) is 4.85. The fraction of sp³-hybridized carbons (Fsp3) is 0.667. The van der Waals surface area contributed by atoms with Crippen LogP contribution in [0, 0.1) is 0 Å². The maximum atomic E-state index is 6.22. The van der Waals surface area contributed by atoms with Gasteiger partial charge >= 0.3 is 0 Å². The van der Waals surface area contributed by atoms with Crippen molar-refractivity contribution < 1.29 is 4.74 Å². The van der Waals surface area contributed by atoms with Crippen molar-refractivity contribution >= 4 is 0 Å². The number of benzene rings is 1. The maximum Gasteiger partial charge on any atom is 0.0787 e. The van der Waals surface area contributed by atoms with Crippen molar-refractivity contribution in [1.29, 1.82) is 0 Å². The molecule has 20 heavy (non-hydrogen) atoms. The minimum Gasteiger partial charge on any atom is -0.368 e. The number of fused-ring (bicyclic) bond motifs is 1. The minimum atomic E-state index is -0.0874. The Balaban J connectivity index is 1.79. The molecule has 0 amide bonds. The van der Waals surface area contributed by atoms with Gasteiger partial charge < -0.3 is 10.1 Å². The van der Waals surface area contributed by atoms with Gasteiger partial charge in [-0.2, -0.15) is 0 Å². The van der Waals surface area contributed by atoms with Crippen molar-refractivity contribution in [2.24, 2.45) is 0 Å². The molecular formula is C18H27NO. The Labute approximate surface area is 122 Å². The summed E-state index contributed by atoms with van der Waals surface area (Å²) < 4.78 is 6.22. The Morgan fingerprint density at radius 2 is 1.90 bits per heavy atom. The Bertz CT molecular complexity index is 492. The van der Waals surface area contributed by atoms with Gasteiger partial charge in [0.25, 0.3) is 0 Å². The van der Waals surface area contributed by atoms with Crippen molar-refractivity contribution in [3.8, 4) is 0 Å². The molecule has 1 aromatic carbocycles. The van der Waals surface area contributed by atoms with Gasteiger partial charge in [-0.05, 0) is 64.5 Å². The fourth-order valence-corrected chi connectivity index (χ4v) is 3.99. The summed E-state index contributed by atoms with van der Waals surface area (Å²) in [5.74, 6) is 0. The van der Waals surface area contributed by atoms with Crippen LogP contribution in [-0.4, -0.2) is 17.2 Å². The molecule has 2 atom stereocenters. The van der Waals surface area contributed by atoms with E-state index in [4.69, 9.17) is 4.74 Å². The lowest BCUT2D eigenvalue weighted by Crippen LogP contribution is -2.45. The average molecular weight is 273 g/mol. The second kappa shape index (κ2) is 4.85. The van der Waals surface area contributed by atoms with Crippen LogP contribution in [0.5, 0.6) is 0 Å². The molecule has 2 aliphatic rings. The van der Waals surface area contributed by atoms with Gasteiger partial charge in [-0.25, -0.2) is 0 Å². The van der Waals surface area contributed by atoms with Crippen LogP contribution < -0.4 is 5.32 Å². The standard InChI is InChI=1S/C18H27NO/c1-17(2)12-16(18(3,4)20-17)19-15-11-7-9-13-8-5-6-10-14(13)15/h5-6,8,10,15-16,19H,7,9,11-12H2,1-4H3. The number of hydrogen-bond donors (Lipinski definition) is 1. The summed E-state index contributed by atoms with van der Waals surface area (Å²) in [6, 6.07) is 9.81. The lowest BCUT2D eigenvalue weighted by atomic mass is 9.85. The van der Waals surface area contributed by atoms with Crippen molar-refractivity contribution in [2.45, 2.75) is 76.7 Å². The number of ether oxygens (including phenoxy) is 1. The van der Waals surface area contributed by atoms with E-state index in [1.807, 2.05) is 0 Å². The first-order valence-electron chi connectivity index (χ1n) is 7.91. The van der Waals surface area contributed by atoms with Crippen molar-refractivity contribution in [3.63, 3.8) is 0 Å². The van der Waals surface area contributed by atoms with Crippen LogP contribution in [-0.2, 0) is 11.2 Å². The molecule has 1 saturated heterocycles. The molecule has 1 aromatic rings. The van der Waals surface area contributed by atoms with E-state index in [1.165, 1.54) is 30.4 Å². The van der Waals surface area contributed by atoms with Crippen LogP contribution in [0.3, 0.4) is 0 Å². The van der Waals surface area contributed by atoms with Gasteiger partial charge in [0, 0.05) is 12.1 Å². The van der Waals surface area contributed by atoms with E-state index in [0.717, 1.165) is 6.42 Å². The summed E-state index contributed by atoms with van der Waals surface area (Å²) in [7, 11) is 0. The monoisotopic (exact) mass is 273 g/mol. The zero-order valence-electron chi connectivity index (χ0n) is 13.2. The lowest BCUT2D eigenvalue weighted by molar-refractivity contribution is -0.0706. The van der Waals surface area contributed by atoms with E-state index in [-0.39, 0.29) is 11.2 Å². The molecular weight excluding hydrogens is 246 g/mol. The Morgan fingerprint density at radius 1 is 1.15 bits per heavy atom. The Morgan fingerprint density at radius 3 is 2.60 bits per heavy atom. The van der Waals surface area contributed by atoms with Crippen LogP contribution in [0.4, 0.5) is 0 Å². The van der Waals surface area contributed by atoms with E-state index in [1.54, 1.807) is 0 Å². The molecule has 1 fully saturated rings. The molecule has 0 bridgehead atoms. The third-order valence-corrected chi connectivity index (χ3v) is 4.85. The predicted octanol–water partition coefficient (Wildman–Crippen LogP) is 4.00. The molecule has 110 valence electrons. The zero-order valence-corrected chi connectivity index (χ0v) is 13.2. The number of aryl methyl sites for hydroxylation is 1. The highest BCUT2D eigenvalue weighted by atomic mass is 16.5. The molecule has 0 radical (unpaired) electrons. The minimum absolute atomic E-state index is 0.0185. The van der Waals surface area contributed by atoms with Gasteiger partial charge in [-0.15, -0.1) is 0 Å². The van der Waals surface area contributed by atoms with Crippen molar-refractivity contribution in [3.05, 3.63) is 35.4 Å². The SMILES string of the molecule is CC1(C)CC(NC2CCCc3ccccc32)C(C)(C)O1. The molecule has 3 rings (SSSR count). The fourth-order valence-electron chi connectivity index (χ4n) is 3.99. The van der Waals surface area contributed by atoms with E-state index >= 15 is 0 Å². The highest BCUT2D eigenvalue weighted by Crippen LogP contribution is 2.39. The topological polar surface area (TPSA) is 21.3 Å². The zero-order chi connectivity index (χ0) is 14.4. The molecule has 2 unspecified atom stereocenters. The van der Waals surface area contributed by atoms with Crippen molar-refractivity contribution in [2.75, 3.05) is 0 Å². The van der Waals surface area contributed by atoms with Crippen LogP contribution >= 0.6 is 0 Å². The van der Waals surface area contributed by atoms with Crippen LogP contribution in [0.2, 0.25) is 0 Å². The summed E-state index contributed by atoms with van der Waals surface area (Å²) in [5, 5.41) is 3.89. The van der Waals surface area contributed by atoms with Crippen molar-refractivity contribution in [1.82, 2.24) is 5.32 Å². The van der Waals surface area contributed by atoms with Gasteiger partial charge in [-0.3, -0.25) is 0 Å². The van der Waals surface area contributed by atoms with Gasteiger partial charge in [0.1, 0.15) is 0 Å². The van der Waals surface area contributed by atoms with Gasteiger partial charge in [-0.1, -0.05) is 24.3 Å². The first-order chi connectivity index (χ1) is 9.37. The molecule has 0 spiro atoms. The summed E-state index contributed by atoms with van der Waals surface area (Å²) >= 11 is 0. The molecule has 2 nitrogen and oxygen atoms in total. The largest absolute Gasteiger partial charge is 0.368 e. The third kappa shape index (κ3) is 2.64. The van der Waals surface area contributed by atoms with Gasteiger partial charge in [0.15, 0.2) is 0 Å². The summed E-state index contributed by atoms with van der Waals surface area (Å²) in [6.45, 7) is 8.83. The van der Waals surface area contributed by atoms with E-state index in [0.29, 0.717) is 12.1 Å². The maximum absolute atomic E-state index is 6.22.